The molecule has 10 aromatic rings. The third-order valence-electron chi connectivity index (χ3n) is 10.6. The predicted octanol–water partition coefficient (Wildman–Crippen LogP) is 15.9. The fraction of sp³-hybridized carbons (Fsp3) is 0.0370. The number of fused-ring (bicyclic) bond motifs is 6. The molecular weight excluding hydrogens is 677 g/mol. The van der Waals surface area contributed by atoms with E-state index in [1.807, 2.05) is 13.8 Å². The third-order valence-corrected chi connectivity index (χ3v) is 10.6. The van der Waals surface area contributed by atoms with Crippen molar-refractivity contribution in [3.8, 4) is 11.1 Å². The summed E-state index contributed by atoms with van der Waals surface area (Å²) in [5.41, 5.74) is 9.13. The van der Waals surface area contributed by atoms with Crippen LogP contribution in [0.4, 0.5) is 34.1 Å². The molecule has 0 unspecified atom stereocenters. The van der Waals surface area contributed by atoms with Gasteiger partial charge < -0.3 is 9.80 Å². The molecule has 10 rings (SSSR count). The smallest absolute Gasteiger partial charge is 0.0546 e. The standard InChI is InChI=1S/C52H36N2.C2H6/c1-3-17-41(18-4-1)53(51-35-39-15-7-9-21-45(39)47-23-11-13-25-49(47)51)43-31-27-37(28-32-43)38-29-33-44(34-30-38)54(42-19-5-2-6-20-42)52-36-40-16-8-10-22-46(40)48-24-12-14-26-50(48)52;1-2/h1-36H;1-2H3. The van der Waals surface area contributed by atoms with E-state index in [-0.39, 0.29) is 0 Å². The first-order chi connectivity index (χ1) is 27.8. The molecule has 0 fully saturated rings. The number of hydrogen-bond acceptors (Lipinski definition) is 2. The fourth-order valence-electron chi connectivity index (χ4n) is 8.05. The van der Waals surface area contributed by atoms with Crippen LogP contribution >= 0.6 is 0 Å². The number of benzene rings is 10. The van der Waals surface area contributed by atoms with Crippen molar-refractivity contribution in [1.82, 2.24) is 0 Å². The van der Waals surface area contributed by atoms with E-state index in [0.717, 1.165) is 34.1 Å². The summed E-state index contributed by atoms with van der Waals surface area (Å²) in [6.07, 6.45) is 0. The van der Waals surface area contributed by atoms with Gasteiger partial charge in [0.15, 0.2) is 0 Å². The van der Waals surface area contributed by atoms with Gasteiger partial charge in [0.1, 0.15) is 0 Å². The molecule has 0 aliphatic rings. The van der Waals surface area contributed by atoms with Gasteiger partial charge in [0.05, 0.1) is 11.4 Å². The Hall–Kier alpha value is -7.16. The Morgan fingerprint density at radius 2 is 0.536 bits per heavy atom. The van der Waals surface area contributed by atoms with Crippen LogP contribution in [-0.2, 0) is 0 Å². The molecule has 0 bridgehead atoms. The number of para-hydroxylation sites is 2. The molecule has 0 spiro atoms. The highest BCUT2D eigenvalue weighted by molar-refractivity contribution is 6.15. The van der Waals surface area contributed by atoms with Crippen molar-refractivity contribution in [3.63, 3.8) is 0 Å². The number of anilines is 6. The molecular formula is C54H42N2. The molecule has 0 heterocycles. The van der Waals surface area contributed by atoms with Gasteiger partial charge in [-0.2, -0.15) is 0 Å². The second-order valence-electron chi connectivity index (χ2n) is 13.8. The highest BCUT2D eigenvalue weighted by Crippen LogP contribution is 2.44. The number of hydrogen-bond donors (Lipinski definition) is 0. The third kappa shape index (κ3) is 6.32. The Bertz CT molecular complexity index is 2710. The van der Waals surface area contributed by atoms with Gasteiger partial charge in [0, 0.05) is 33.5 Å². The second-order valence-corrected chi connectivity index (χ2v) is 13.8. The van der Waals surface area contributed by atoms with Gasteiger partial charge in [-0.3, -0.25) is 0 Å². The minimum atomic E-state index is 1.11. The Morgan fingerprint density at radius 3 is 0.911 bits per heavy atom. The summed E-state index contributed by atoms with van der Waals surface area (Å²) >= 11 is 0. The monoisotopic (exact) mass is 718 g/mol. The summed E-state index contributed by atoms with van der Waals surface area (Å²) in [6, 6.07) is 78.8. The molecule has 0 saturated heterocycles. The van der Waals surface area contributed by atoms with Crippen LogP contribution in [0.15, 0.2) is 218 Å². The SMILES string of the molecule is CC.c1ccc(N(c2ccc(-c3ccc(N(c4ccccc4)c4cc5ccccc5c5ccccc45)cc3)cc2)c2cc3ccccc3c3ccccc23)cc1. The molecule has 0 aromatic heterocycles. The van der Waals surface area contributed by atoms with Crippen LogP contribution in [0, 0.1) is 0 Å². The molecule has 0 aliphatic heterocycles. The van der Waals surface area contributed by atoms with Crippen LogP contribution < -0.4 is 9.80 Å². The van der Waals surface area contributed by atoms with E-state index in [0.29, 0.717) is 0 Å². The van der Waals surface area contributed by atoms with E-state index >= 15 is 0 Å². The van der Waals surface area contributed by atoms with Gasteiger partial charge in [-0.25, -0.2) is 0 Å². The largest absolute Gasteiger partial charge is 0.310 e. The normalized spacial score (nSPS) is 11.0. The zero-order valence-corrected chi connectivity index (χ0v) is 31.7. The van der Waals surface area contributed by atoms with E-state index in [1.165, 1.54) is 54.2 Å². The maximum Gasteiger partial charge on any atom is 0.0546 e. The van der Waals surface area contributed by atoms with Crippen molar-refractivity contribution in [2.45, 2.75) is 13.8 Å². The van der Waals surface area contributed by atoms with Crippen molar-refractivity contribution >= 4 is 77.2 Å². The highest BCUT2D eigenvalue weighted by atomic mass is 15.1. The average Bonchev–Trinajstić information content (AvgIpc) is 3.28. The maximum atomic E-state index is 2.38. The lowest BCUT2D eigenvalue weighted by Crippen LogP contribution is -2.10. The maximum absolute atomic E-state index is 2.38. The van der Waals surface area contributed by atoms with Gasteiger partial charge in [-0.15, -0.1) is 0 Å². The lowest BCUT2D eigenvalue weighted by Gasteiger charge is -2.28. The fourth-order valence-corrected chi connectivity index (χ4v) is 8.05. The summed E-state index contributed by atoms with van der Waals surface area (Å²) in [5.74, 6) is 0. The number of nitrogens with zero attached hydrogens (tertiary/aromatic N) is 2. The Labute approximate surface area is 329 Å². The van der Waals surface area contributed by atoms with Crippen LogP contribution in [-0.4, -0.2) is 0 Å². The Kier molecular flexibility index (Phi) is 9.45. The molecule has 268 valence electrons. The predicted molar refractivity (Wildman–Crippen MR) is 243 cm³/mol. The summed E-state index contributed by atoms with van der Waals surface area (Å²) < 4.78 is 0. The van der Waals surface area contributed by atoms with E-state index in [2.05, 4.69) is 228 Å². The minimum absolute atomic E-state index is 1.11. The lowest BCUT2D eigenvalue weighted by atomic mass is 9.98. The molecule has 0 radical (unpaired) electrons. The van der Waals surface area contributed by atoms with Crippen LogP contribution in [0.2, 0.25) is 0 Å². The van der Waals surface area contributed by atoms with Gasteiger partial charge in [0.25, 0.3) is 0 Å². The van der Waals surface area contributed by atoms with Crippen LogP contribution in [0.25, 0.3) is 54.2 Å². The molecule has 10 aromatic carbocycles. The zero-order chi connectivity index (χ0) is 37.8. The van der Waals surface area contributed by atoms with Crippen LogP contribution in [0.5, 0.6) is 0 Å². The van der Waals surface area contributed by atoms with Gasteiger partial charge >= 0.3 is 0 Å². The average molecular weight is 719 g/mol. The molecule has 0 aliphatic carbocycles. The summed E-state index contributed by atoms with van der Waals surface area (Å²) in [7, 11) is 0. The summed E-state index contributed by atoms with van der Waals surface area (Å²) in [4.78, 5) is 4.76. The first-order valence-corrected chi connectivity index (χ1v) is 19.5. The molecule has 0 N–H and O–H groups in total. The topological polar surface area (TPSA) is 6.48 Å². The van der Waals surface area contributed by atoms with Crippen molar-refractivity contribution in [1.29, 1.82) is 0 Å². The molecule has 56 heavy (non-hydrogen) atoms. The molecule has 2 heteroatoms. The summed E-state index contributed by atoms with van der Waals surface area (Å²) in [5, 5.41) is 9.94. The minimum Gasteiger partial charge on any atom is -0.310 e. The molecule has 0 saturated carbocycles. The molecule has 0 amide bonds. The van der Waals surface area contributed by atoms with E-state index in [4.69, 9.17) is 0 Å². The lowest BCUT2D eigenvalue weighted by molar-refractivity contribution is 1.30. The van der Waals surface area contributed by atoms with Crippen LogP contribution in [0.3, 0.4) is 0 Å². The van der Waals surface area contributed by atoms with Crippen molar-refractivity contribution < 1.29 is 0 Å². The van der Waals surface area contributed by atoms with Crippen LogP contribution in [0.1, 0.15) is 13.8 Å². The van der Waals surface area contributed by atoms with Gasteiger partial charge in [-0.05, 0) is 104 Å². The zero-order valence-electron chi connectivity index (χ0n) is 31.7. The Morgan fingerprint density at radius 1 is 0.250 bits per heavy atom. The highest BCUT2D eigenvalue weighted by Gasteiger charge is 2.19. The van der Waals surface area contributed by atoms with Gasteiger partial charge in [0.2, 0.25) is 0 Å². The molecule has 2 nitrogen and oxygen atoms in total. The Balaban J connectivity index is 0.00000202. The number of rotatable bonds is 7. The van der Waals surface area contributed by atoms with Crippen molar-refractivity contribution in [3.05, 3.63) is 218 Å². The van der Waals surface area contributed by atoms with E-state index < -0.39 is 0 Å². The van der Waals surface area contributed by atoms with Crippen molar-refractivity contribution in [2.24, 2.45) is 0 Å². The van der Waals surface area contributed by atoms with Gasteiger partial charge in [-0.1, -0.05) is 172 Å². The first kappa shape index (κ1) is 34.6. The quantitative estimate of drug-likeness (QED) is 0.151. The second kappa shape index (κ2) is 15.3. The van der Waals surface area contributed by atoms with Crippen molar-refractivity contribution in [2.75, 3.05) is 9.80 Å². The summed E-state index contributed by atoms with van der Waals surface area (Å²) in [6.45, 7) is 4.00. The van der Waals surface area contributed by atoms with E-state index in [9.17, 15) is 0 Å². The first-order valence-electron chi connectivity index (χ1n) is 19.5. The van der Waals surface area contributed by atoms with E-state index in [1.54, 1.807) is 0 Å². The molecule has 0 atom stereocenters.